The average Bonchev–Trinajstić information content (AvgIpc) is 3.07. The zero-order valence-electron chi connectivity index (χ0n) is 15.4. The molecule has 142 valence electrons. The van der Waals surface area contributed by atoms with E-state index in [1.165, 1.54) is 0 Å². The molecule has 2 aromatic carbocycles. The molecule has 7 heteroatoms. The molecule has 2 aromatic rings. The molecule has 1 amide bonds. The zero-order chi connectivity index (χ0) is 19.4. The highest BCUT2D eigenvalue weighted by Crippen LogP contribution is 2.34. The molecule has 0 spiro atoms. The van der Waals surface area contributed by atoms with E-state index >= 15 is 0 Å². The van der Waals surface area contributed by atoms with Crippen molar-refractivity contribution in [3.05, 3.63) is 52.0 Å². The van der Waals surface area contributed by atoms with E-state index in [4.69, 9.17) is 14.2 Å². The molecule has 0 atom stereocenters. The molecular formula is C20H21BrN2O4. The number of rotatable bonds is 5. The first-order valence-corrected chi connectivity index (χ1v) is 9.26. The van der Waals surface area contributed by atoms with E-state index in [-0.39, 0.29) is 24.7 Å². The van der Waals surface area contributed by atoms with Gasteiger partial charge in [-0.2, -0.15) is 5.10 Å². The van der Waals surface area contributed by atoms with Gasteiger partial charge >= 0.3 is 0 Å². The third-order valence-corrected chi connectivity index (χ3v) is 4.40. The van der Waals surface area contributed by atoms with Crippen LogP contribution in [0.1, 0.15) is 31.9 Å². The molecule has 1 aliphatic heterocycles. The van der Waals surface area contributed by atoms with Gasteiger partial charge < -0.3 is 14.2 Å². The monoisotopic (exact) mass is 432 g/mol. The SMILES string of the molecule is CC(C)(C)c1cc(Br)ccc1OCC(=O)N/N=C/c1ccc2c(c1)OCO2. The second kappa shape index (κ2) is 8.00. The Morgan fingerprint density at radius 1 is 1.22 bits per heavy atom. The summed E-state index contributed by atoms with van der Waals surface area (Å²) in [5.74, 6) is 1.71. The number of nitrogens with zero attached hydrogens (tertiary/aromatic N) is 1. The highest BCUT2D eigenvalue weighted by Gasteiger charge is 2.20. The summed E-state index contributed by atoms with van der Waals surface area (Å²) in [6, 6.07) is 11.2. The number of carbonyl (C=O) groups excluding carboxylic acids is 1. The molecule has 0 bridgehead atoms. The van der Waals surface area contributed by atoms with Crippen molar-refractivity contribution in [3.63, 3.8) is 0 Å². The quantitative estimate of drug-likeness (QED) is 0.572. The number of ether oxygens (including phenoxy) is 3. The molecule has 1 aliphatic rings. The van der Waals surface area contributed by atoms with Crippen LogP contribution in [0.4, 0.5) is 0 Å². The molecule has 1 N–H and O–H groups in total. The van der Waals surface area contributed by atoms with Gasteiger partial charge in [0.05, 0.1) is 6.21 Å². The average molecular weight is 433 g/mol. The smallest absolute Gasteiger partial charge is 0.277 e. The van der Waals surface area contributed by atoms with Crippen LogP contribution in [-0.2, 0) is 10.2 Å². The summed E-state index contributed by atoms with van der Waals surface area (Å²) in [6.45, 7) is 6.38. The van der Waals surface area contributed by atoms with E-state index in [0.29, 0.717) is 17.2 Å². The standard InChI is InChI=1S/C20H21BrN2O4/c1-20(2,3)15-9-14(21)5-7-16(15)25-11-19(24)23-22-10-13-4-6-17-18(8-13)27-12-26-17/h4-10H,11-12H2,1-3H3,(H,23,24)/b22-10+. The van der Waals surface area contributed by atoms with Crippen LogP contribution in [0.2, 0.25) is 0 Å². The van der Waals surface area contributed by atoms with Crippen molar-refractivity contribution < 1.29 is 19.0 Å². The lowest BCUT2D eigenvalue weighted by atomic mass is 9.86. The Balaban J connectivity index is 1.56. The molecular weight excluding hydrogens is 412 g/mol. The minimum atomic E-state index is -0.338. The maximum atomic E-state index is 12.0. The molecule has 1 heterocycles. The fourth-order valence-corrected chi connectivity index (χ4v) is 2.92. The van der Waals surface area contributed by atoms with Crippen LogP contribution in [0.3, 0.4) is 0 Å². The van der Waals surface area contributed by atoms with Crippen LogP contribution in [0, 0.1) is 0 Å². The van der Waals surface area contributed by atoms with Crippen LogP contribution < -0.4 is 19.6 Å². The number of hydrazone groups is 1. The number of hydrogen-bond donors (Lipinski definition) is 1. The largest absolute Gasteiger partial charge is 0.483 e. The lowest BCUT2D eigenvalue weighted by Gasteiger charge is -2.23. The first kappa shape index (κ1) is 19.2. The van der Waals surface area contributed by atoms with Gasteiger partial charge in [-0.3, -0.25) is 4.79 Å². The van der Waals surface area contributed by atoms with E-state index in [0.717, 1.165) is 15.6 Å². The summed E-state index contributed by atoms with van der Waals surface area (Å²) < 4.78 is 17.2. The first-order chi connectivity index (χ1) is 12.8. The van der Waals surface area contributed by atoms with Crippen molar-refractivity contribution in [1.29, 1.82) is 0 Å². The van der Waals surface area contributed by atoms with E-state index in [2.05, 4.69) is 47.2 Å². The third kappa shape index (κ3) is 5.01. The van der Waals surface area contributed by atoms with Crippen molar-refractivity contribution in [2.24, 2.45) is 5.10 Å². The van der Waals surface area contributed by atoms with E-state index < -0.39 is 0 Å². The molecule has 0 aromatic heterocycles. The third-order valence-electron chi connectivity index (χ3n) is 3.91. The van der Waals surface area contributed by atoms with E-state index in [9.17, 15) is 4.79 Å². The predicted molar refractivity (Wildman–Crippen MR) is 107 cm³/mol. The Morgan fingerprint density at radius 2 is 2.00 bits per heavy atom. The topological polar surface area (TPSA) is 69.2 Å². The minimum absolute atomic E-state index is 0.104. The molecule has 0 saturated heterocycles. The summed E-state index contributed by atoms with van der Waals surface area (Å²) in [5, 5.41) is 3.96. The van der Waals surface area contributed by atoms with Crippen LogP contribution in [0.5, 0.6) is 17.2 Å². The highest BCUT2D eigenvalue weighted by molar-refractivity contribution is 9.10. The van der Waals surface area contributed by atoms with Gasteiger partial charge in [-0.25, -0.2) is 5.43 Å². The molecule has 0 unspecified atom stereocenters. The molecule has 0 fully saturated rings. The maximum Gasteiger partial charge on any atom is 0.277 e. The Labute approximate surface area is 166 Å². The van der Waals surface area contributed by atoms with E-state index in [1.807, 2.05) is 24.3 Å². The van der Waals surface area contributed by atoms with Gasteiger partial charge in [0.25, 0.3) is 5.91 Å². The van der Waals surface area contributed by atoms with Crippen molar-refractivity contribution in [1.82, 2.24) is 5.43 Å². The molecule has 0 aliphatic carbocycles. The molecule has 0 saturated carbocycles. The van der Waals surface area contributed by atoms with Gasteiger partial charge in [-0.1, -0.05) is 36.7 Å². The lowest BCUT2D eigenvalue weighted by Crippen LogP contribution is -2.25. The number of nitrogens with one attached hydrogen (secondary N) is 1. The van der Waals surface area contributed by atoms with E-state index in [1.54, 1.807) is 18.3 Å². The summed E-state index contributed by atoms with van der Waals surface area (Å²) in [4.78, 5) is 12.0. The van der Waals surface area contributed by atoms with Crippen molar-refractivity contribution in [2.75, 3.05) is 13.4 Å². The van der Waals surface area contributed by atoms with Gasteiger partial charge in [0.2, 0.25) is 6.79 Å². The normalized spacial score (nSPS) is 13.0. The van der Waals surface area contributed by atoms with Gasteiger partial charge in [-0.05, 0) is 47.4 Å². The molecule has 0 radical (unpaired) electrons. The first-order valence-electron chi connectivity index (χ1n) is 8.47. The predicted octanol–water partition coefficient (Wildman–Crippen LogP) is 4.00. The van der Waals surface area contributed by atoms with Gasteiger partial charge in [0.15, 0.2) is 18.1 Å². The van der Waals surface area contributed by atoms with Crippen LogP contribution in [0.25, 0.3) is 0 Å². The summed E-state index contributed by atoms with van der Waals surface area (Å²) >= 11 is 3.47. The van der Waals surface area contributed by atoms with Gasteiger partial charge in [0.1, 0.15) is 5.75 Å². The fourth-order valence-electron chi connectivity index (χ4n) is 2.56. The Morgan fingerprint density at radius 3 is 2.78 bits per heavy atom. The summed E-state index contributed by atoms with van der Waals surface area (Å²) in [5.41, 5.74) is 4.18. The number of halogens is 1. The second-order valence-corrected chi connectivity index (χ2v) is 8.00. The van der Waals surface area contributed by atoms with Crippen molar-refractivity contribution >= 4 is 28.1 Å². The van der Waals surface area contributed by atoms with Crippen molar-refractivity contribution in [3.8, 4) is 17.2 Å². The van der Waals surface area contributed by atoms with Gasteiger partial charge in [0, 0.05) is 10.0 Å². The molecule has 3 rings (SSSR count). The molecule has 27 heavy (non-hydrogen) atoms. The number of hydrogen-bond acceptors (Lipinski definition) is 5. The Kier molecular flexibility index (Phi) is 5.70. The number of carbonyl (C=O) groups is 1. The number of fused-ring (bicyclic) bond motifs is 1. The second-order valence-electron chi connectivity index (χ2n) is 7.09. The molecule has 6 nitrogen and oxygen atoms in total. The number of amides is 1. The Hall–Kier alpha value is -2.54. The van der Waals surface area contributed by atoms with Crippen LogP contribution >= 0.6 is 15.9 Å². The zero-order valence-corrected chi connectivity index (χ0v) is 17.0. The summed E-state index contributed by atoms with van der Waals surface area (Å²) in [7, 11) is 0. The fraction of sp³-hybridized carbons (Fsp3) is 0.300. The minimum Gasteiger partial charge on any atom is -0.483 e. The number of benzene rings is 2. The summed E-state index contributed by atoms with van der Waals surface area (Å²) in [6.07, 6.45) is 1.54. The highest BCUT2D eigenvalue weighted by atomic mass is 79.9. The maximum absolute atomic E-state index is 12.0. The van der Waals surface area contributed by atoms with Gasteiger partial charge in [-0.15, -0.1) is 0 Å². The van der Waals surface area contributed by atoms with Crippen molar-refractivity contribution in [2.45, 2.75) is 26.2 Å². The van der Waals surface area contributed by atoms with Crippen LogP contribution in [0.15, 0.2) is 46.0 Å². The lowest BCUT2D eigenvalue weighted by molar-refractivity contribution is -0.123. The Bertz CT molecular complexity index is 875. The van der Waals surface area contributed by atoms with Crippen LogP contribution in [-0.4, -0.2) is 25.5 Å².